The number of ketones is 1. The van der Waals surface area contributed by atoms with Crippen LogP contribution >= 0.6 is 15.8 Å². The van der Waals surface area contributed by atoms with Crippen LogP contribution in [0.2, 0.25) is 0 Å². The fourth-order valence-corrected chi connectivity index (χ4v) is 10.1. The molecule has 0 amide bonds. The van der Waals surface area contributed by atoms with Crippen LogP contribution in [0.25, 0.3) is 0 Å². The van der Waals surface area contributed by atoms with Crippen molar-refractivity contribution in [3.05, 3.63) is 121 Å². The van der Waals surface area contributed by atoms with E-state index in [0.29, 0.717) is 6.42 Å². The predicted octanol–water partition coefficient (Wildman–Crippen LogP) is 5.60. The van der Waals surface area contributed by atoms with Crippen LogP contribution < -0.4 is 21.2 Å². The molecule has 4 aromatic rings. The van der Waals surface area contributed by atoms with E-state index < -0.39 is 15.8 Å². The molecule has 0 aliphatic carbocycles. The van der Waals surface area contributed by atoms with Crippen molar-refractivity contribution >= 4 is 42.8 Å². The molecule has 1 unspecified atom stereocenters. The monoisotopic (exact) mass is 454 g/mol. The van der Waals surface area contributed by atoms with Crippen LogP contribution in [-0.4, -0.2) is 17.6 Å². The van der Waals surface area contributed by atoms with Crippen LogP contribution in [0.15, 0.2) is 121 Å². The summed E-state index contributed by atoms with van der Waals surface area (Å²) in [6.07, 6.45) is 1.60. The molecular weight excluding hydrogens is 426 g/mol. The van der Waals surface area contributed by atoms with E-state index in [2.05, 4.69) is 121 Å². The fourth-order valence-electron chi connectivity index (χ4n) is 4.10. The van der Waals surface area contributed by atoms with E-state index in [1.54, 1.807) is 6.92 Å². The van der Waals surface area contributed by atoms with E-state index in [9.17, 15) is 4.79 Å². The summed E-state index contributed by atoms with van der Waals surface area (Å²) in [5.41, 5.74) is 0.277. The molecule has 1 atom stereocenters. The van der Waals surface area contributed by atoms with Crippen molar-refractivity contribution in [2.45, 2.75) is 19.0 Å². The lowest BCUT2D eigenvalue weighted by Gasteiger charge is -2.32. The van der Waals surface area contributed by atoms with Gasteiger partial charge in [-0.05, 0) is 55.8 Å². The number of Topliss-reactive ketones (excluding diaryl/α,β-unsaturated/α-hetero) is 1. The first kappa shape index (κ1) is 22.6. The Kier molecular flexibility index (Phi) is 8.00. The minimum atomic E-state index is -0.665. The molecule has 32 heavy (non-hydrogen) atoms. The molecule has 4 rings (SSSR count). The van der Waals surface area contributed by atoms with E-state index in [0.717, 1.165) is 6.16 Å². The summed E-state index contributed by atoms with van der Waals surface area (Å²) >= 11 is 0. The third kappa shape index (κ3) is 5.80. The summed E-state index contributed by atoms with van der Waals surface area (Å²) in [6.45, 7) is 1.74. The summed E-state index contributed by atoms with van der Waals surface area (Å²) in [5.74, 6) is 0.269. The van der Waals surface area contributed by atoms with Gasteiger partial charge in [-0.1, -0.05) is 121 Å². The van der Waals surface area contributed by atoms with Gasteiger partial charge in [0.15, 0.2) is 0 Å². The molecule has 3 heteroatoms. The van der Waals surface area contributed by atoms with Gasteiger partial charge in [0.05, 0.1) is 0 Å². The van der Waals surface area contributed by atoms with E-state index in [1.807, 2.05) is 0 Å². The fraction of sp³-hybridized carbons (Fsp3) is 0.138. The van der Waals surface area contributed by atoms with Crippen LogP contribution in [-0.2, 0) is 4.79 Å². The SMILES string of the molecule is CC(=O)CC(CP(c1ccccc1)c1ccccc1)P(c1ccccc1)c1ccccc1. The van der Waals surface area contributed by atoms with Crippen LogP contribution in [0.5, 0.6) is 0 Å². The highest BCUT2D eigenvalue weighted by atomic mass is 31.1. The number of hydrogen-bond acceptors (Lipinski definition) is 1. The van der Waals surface area contributed by atoms with Gasteiger partial charge in [0, 0.05) is 6.42 Å². The van der Waals surface area contributed by atoms with Crippen molar-refractivity contribution in [2.24, 2.45) is 0 Å². The Morgan fingerprint density at radius 3 is 1.28 bits per heavy atom. The number of rotatable bonds is 9. The Balaban J connectivity index is 1.79. The third-order valence-electron chi connectivity index (χ3n) is 5.49. The van der Waals surface area contributed by atoms with Gasteiger partial charge in [-0.3, -0.25) is 0 Å². The zero-order valence-corrected chi connectivity index (χ0v) is 20.1. The molecule has 0 saturated carbocycles. The van der Waals surface area contributed by atoms with Crippen molar-refractivity contribution in [1.82, 2.24) is 0 Å². The van der Waals surface area contributed by atoms with E-state index in [4.69, 9.17) is 0 Å². The minimum absolute atomic E-state index is 0.269. The Bertz CT molecular complexity index is 1020. The number of hydrogen-bond donors (Lipinski definition) is 0. The predicted molar refractivity (Wildman–Crippen MR) is 142 cm³/mol. The van der Waals surface area contributed by atoms with Gasteiger partial charge in [0.1, 0.15) is 5.78 Å². The number of benzene rings is 4. The molecule has 160 valence electrons. The van der Waals surface area contributed by atoms with E-state index in [1.165, 1.54) is 21.2 Å². The Morgan fingerprint density at radius 2 is 0.938 bits per heavy atom. The second-order valence-corrected chi connectivity index (χ2v) is 12.6. The minimum Gasteiger partial charge on any atom is -0.300 e. The zero-order chi connectivity index (χ0) is 22.2. The van der Waals surface area contributed by atoms with Crippen molar-refractivity contribution in [3.8, 4) is 0 Å². The second-order valence-electron chi connectivity index (χ2n) is 7.88. The average Bonchev–Trinajstić information content (AvgIpc) is 2.84. The van der Waals surface area contributed by atoms with Crippen molar-refractivity contribution in [1.29, 1.82) is 0 Å². The van der Waals surface area contributed by atoms with Crippen LogP contribution in [0.1, 0.15) is 13.3 Å². The molecule has 4 aromatic carbocycles. The largest absolute Gasteiger partial charge is 0.300 e. The Labute approximate surface area is 194 Å². The lowest BCUT2D eigenvalue weighted by Crippen LogP contribution is -2.29. The van der Waals surface area contributed by atoms with E-state index in [-0.39, 0.29) is 11.4 Å². The molecule has 0 radical (unpaired) electrons. The highest BCUT2D eigenvalue weighted by Gasteiger charge is 2.29. The van der Waals surface area contributed by atoms with E-state index >= 15 is 0 Å². The molecule has 0 bridgehead atoms. The van der Waals surface area contributed by atoms with Gasteiger partial charge < -0.3 is 4.79 Å². The first-order valence-electron chi connectivity index (χ1n) is 11.0. The molecule has 0 aliphatic heterocycles. The lowest BCUT2D eigenvalue weighted by molar-refractivity contribution is -0.116. The summed E-state index contributed by atoms with van der Waals surface area (Å²) in [7, 11) is -1.23. The smallest absolute Gasteiger partial charge is 0.130 e. The van der Waals surface area contributed by atoms with Crippen molar-refractivity contribution in [2.75, 3.05) is 6.16 Å². The van der Waals surface area contributed by atoms with Crippen LogP contribution in [0.4, 0.5) is 0 Å². The standard InChI is InChI=1S/C29H28OP2/c1-24(30)22-29(32(27-18-10-4-11-19-27)28-20-12-5-13-21-28)23-31(25-14-6-2-7-15-25)26-16-8-3-9-17-26/h2-21,29H,22-23H2,1H3. The molecule has 0 saturated heterocycles. The summed E-state index contributed by atoms with van der Waals surface area (Å²) < 4.78 is 0. The van der Waals surface area contributed by atoms with Gasteiger partial charge in [-0.15, -0.1) is 0 Å². The molecule has 0 N–H and O–H groups in total. The summed E-state index contributed by atoms with van der Waals surface area (Å²) in [6, 6.07) is 43.2. The topological polar surface area (TPSA) is 17.1 Å². The first-order valence-corrected chi connectivity index (χ1v) is 13.9. The summed E-state index contributed by atoms with van der Waals surface area (Å²) in [4.78, 5) is 12.5. The molecule has 0 aromatic heterocycles. The van der Waals surface area contributed by atoms with Gasteiger partial charge in [0.2, 0.25) is 0 Å². The van der Waals surface area contributed by atoms with Gasteiger partial charge in [0.25, 0.3) is 0 Å². The molecule has 0 heterocycles. The maximum absolute atomic E-state index is 12.5. The maximum Gasteiger partial charge on any atom is 0.130 e. The molecule has 0 spiro atoms. The number of carbonyl (C=O) groups is 1. The summed E-state index contributed by atoms with van der Waals surface area (Å²) in [5, 5.41) is 5.43. The molecule has 0 fully saturated rings. The lowest BCUT2D eigenvalue weighted by atomic mass is 10.2. The molecular formula is C29H28OP2. The normalized spacial score (nSPS) is 12.1. The maximum atomic E-state index is 12.5. The van der Waals surface area contributed by atoms with Gasteiger partial charge in [-0.2, -0.15) is 0 Å². The van der Waals surface area contributed by atoms with Crippen molar-refractivity contribution in [3.63, 3.8) is 0 Å². The van der Waals surface area contributed by atoms with Crippen molar-refractivity contribution < 1.29 is 4.79 Å². The van der Waals surface area contributed by atoms with Gasteiger partial charge >= 0.3 is 0 Å². The Morgan fingerprint density at radius 1 is 0.594 bits per heavy atom. The molecule has 1 nitrogen and oxygen atoms in total. The zero-order valence-electron chi connectivity index (χ0n) is 18.3. The highest BCUT2D eigenvalue weighted by Crippen LogP contribution is 2.47. The highest BCUT2D eigenvalue weighted by molar-refractivity contribution is 7.77. The molecule has 0 aliphatic rings. The Hall–Kier alpha value is -2.59. The van der Waals surface area contributed by atoms with Crippen LogP contribution in [0, 0.1) is 0 Å². The second kappa shape index (κ2) is 11.3. The average molecular weight is 454 g/mol. The third-order valence-corrected chi connectivity index (χ3v) is 11.2. The number of carbonyl (C=O) groups excluding carboxylic acids is 1. The quantitative estimate of drug-likeness (QED) is 0.301. The van der Waals surface area contributed by atoms with Gasteiger partial charge in [-0.25, -0.2) is 0 Å². The first-order chi connectivity index (χ1) is 15.7. The van der Waals surface area contributed by atoms with Crippen LogP contribution in [0.3, 0.4) is 0 Å².